The van der Waals surface area contributed by atoms with Gasteiger partial charge >= 0.3 is 0 Å². The molecule has 2 aromatic rings. The van der Waals surface area contributed by atoms with Gasteiger partial charge in [-0.25, -0.2) is 9.97 Å². The summed E-state index contributed by atoms with van der Waals surface area (Å²) in [5.74, 6) is 0.616. The molecule has 1 aliphatic rings. The first-order chi connectivity index (χ1) is 10.1. The first-order valence-corrected chi connectivity index (χ1v) is 8.29. The predicted octanol–water partition coefficient (Wildman–Crippen LogP) is 2.99. The Hall–Kier alpha value is -1.40. The second-order valence-corrected chi connectivity index (χ2v) is 6.73. The van der Waals surface area contributed by atoms with Gasteiger partial charge in [-0.1, -0.05) is 6.92 Å². The number of aromatic nitrogens is 2. The zero-order valence-electron chi connectivity index (χ0n) is 11.9. The van der Waals surface area contributed by atoms with Crippen molar-refractivity contribution in [3.05, 3.63) is 16.2 Å². The van der Waals surface area contributed by atoms with Crippen molar-refractivity contribution >= 4 is 44.9 Å². The van der Waals surface area contributed by atoms with Gasteiger partial charge < -0.3 is 10.6 Å². The van der Waals surface area contributed by atoms with Crippen LogP contribution in [0.1, 0.15) is 31.6 Å². The average Bonchev–Trinajstić information content (AvgIpc) is 3.15. The Bertz CT molecular complexity index is 683. The lowest BCUT2D eigenvalue weighted by atomic mass is 10.2. The maximum absolute atomic E-state index is 12.0. The van der Waals surface area contributed by atoms with E-state index in [9.17, 15) is 4.79 Å². The van der Waals surface area contributed by atoms with Gasteiger partial charge in [-0.2, -0.15) is 0 Å². The van der Waals surface area contributed by atoms with E-state index in [0.29, 0.717) is 11.9 Å². The molecule has 1 saturated carbocycles. The average molecular weight is 325 g/mol. The third-order valence-electron chi connectivity index (χ3n) is 3.44. The number of nitrogens with zero attached hydrogens (tertiary/aromatic N) is 2. The molecule has 0 radical (unpaired) electrons. The second kappa shape index (κ2) is 5.77. The summed E-state index contributed by atoms with van der Waals surface area (Å²) in [6.45, 7) is 3.92. The number of rotatable bonds is 5. The van der Waals surface area contributed by atoms with Gasteiger partial charge in [0.25, 0.3) is 0 Å². The van der Waals surface area contributed by atoms with Gasteiger partial charge in [-0.05, 0) is 43.9 Å². The van der Waals surface area contributed by atoms with Crippen molar-refractivity contribution in [3.63, 3.8) is 0 Å². The van der Waals surface area contributed by atoms with Gasteiger partial charge in [0, 0.05) is 10.9 Å². The SMILES string of the molecule is CCc1cc2c(NC(C)C(=O)NC3CC3)nc(Cl)nc2s1. The van der Waals surface area contributed by atoms with Gasteiger partial charge in [-0.15, -0.1) is 11.3 Å². The van der Waals surface area contributed by atoms with E-state index in [1.807, 2.05) is 6.92 Å². The van der Waals surface area contributed by atoms with E-state index in [-0.39, 0.29) is 17.2 Å². The third kappa shape index (κ3) is 3.27. The van der Waals surface area contributed by atoms with E-state index in [0.717, 1.165) is 29.5 Å². The number of nitrogens with one attached hydrogen (secondary N) is 2. The van der Waals surface area contributed by atoms with E-state index in [1.54, 1.807) is 11.3 Å². The number of carbonyl (C=O) groups is 1. The third-order valence-corrected chi connectivity index (χ3v) is 4.78. The minimum Gasteiger partial charge on any atom is -0.358 e. The summed E-state index contributed by atoms with van der Waals surface area (Å²) in [5.41, 5.74) is 0. The highest BCUT2D eigenvalue weighted by Crippen LogP contribution is 2.30. The van der Waals surface area contributed by atoms with E-state index in [4.69, 9.17) is 11.6 Å². The summed E-state index contributed by atoms with van der Waals surface area (Å²) in [6, 6.07) is 2.05. The molecule has 1 amide bonds. The number of hydrogen-bond donors (Lipinski definition) is 2. The molecule has 0 aromatic carbocycles. The highest BCUT2D eigenvalue weighted by atomic mass is 35.5. The summed E-state index contributed by atoms with van der Waals surface area (Å²) >= 11 is 7.58. The van der Waals surface area contributed by atoms with Crippen molar-refractivity contribution in [2.75, 3.05) is 5.32 Å². The smallest absolute Gasteiger partial charge is 0.242 e. The van der Waals surface area contributed by atoms with Crippen molar-refractivity contribution in [2.24, 2.45) is 0 Å². The summed E-state index contributed by atoms with van der Waals surface area (Å²) in [7, 11) is 0. The standard InChI is InChI=1S/C14H17ClN4OS/c1-3-9-6-10-11(18-14(15)19-13(10)21-9)16-7(2)12(20)17-8-4-5-8/h6-8H,3-5H2,1-2H3,(H,17,20)(H,16,18,19). The molecule has 1 fully saturated rings. The number of halogens is 1. The Morgan fingerprint density at radius 3 is 2.95 bits per heavy atom. The fraction of sp³-hybridized carbons (Fsp3) is 0.500. The van der Waals surface area contributed by atoms with Crippen LogP contribution in [0.25, 0.3) is 10.2 Å². The Labute approximate surface area is 132 Å². The van der Waals surface area contributed by atoms with Gasteiger partial charge in [0.2, 0.25) is 11.2 Å². The molecule has 21 heavy (non-hydrogen) atoms. The molecule has 5 nitrogen and oxygen atoms in total. The Morgan fingerprint density at radius 2 is 2.29 bits per heavy atom. The van der Waals surface area contributed by atoms with Crippen LogP contribution in [0.2, 0.25) is 5.28 Å². The van der Waals surface area contributed by atoms with Crippen molar-refractivity contribution in [1.29, 1.82) is 0 Å². The Balaban J connectivity index is 1.84. The monoisotopic (exact) mass is 324 g/mol. The Kier molecular flexibility index (Phi) is 3.99. The van der Waals surface area contributed by atoms with Gasteiger partial charge in [0.1, 0.15) is 16.7 Å². The van der Waals surface area contributed by atoms with Crippen molar-refractivity contribution in [3.8, 4) is 0 Å². The molecule has 1 atom stereocenters. The van der Waals surface area contributed by atoms with E-state index in [1.165, 1.54) is 4.88 Å². The lowest BCUT2D eigenvalue weighted by Gasteiger charge is -2.15. The molecule has 3 rings (SSSR count). The maximum atomic E-state index is 12.0. The van der Waals surface area contributed by atoms with E-state index >= 15 is 0 Å². The number of carbonyl (C=O) groups excluding carboxylic acids is 1. The number of amides is 1. The molecule has 2 heterocycles. The molecule has 0 aliphatic heterocycles. The summed E-state index contributed by atoms with van der Waals surface area (Å²) in [5, 5.41) is 7.25. The zero-order chi connectivity index (χ0) is 15.0. The van der Waals surface area contributed by atoms with Crippen LogP contribution in [0.3, 0.4) is 0 Å². The minimum atomic E-state index is -0.357. The van der Waals surface area contributed by atoms with Gasteiger partial charge in [0.15, 0.2) is 0 Å². The van der Waals surface area contributed by atoms with Crippen LogP contribution in [0.5, 0.6) is 0 Å². The first kappa shape index (κ1) is 14.5. The van der Waals surface area contributed by atoms with E-state index in [2.05, 4.69) is 33.6 Å². The lowest BCUT2D eigenvalue weighted by molar-refractivity contribution is -0.121. The molecule has 0 bridgehead atoms. The highest BCUT2D eigenvalue weighted by Gasteiger charge is 2.26. The zero-order valence-corrected chi connectivity index (χ0v) is 13.5. The van der Waals surface area contributed by atoms with Crippen LogP contribution in [-0.4, -0.2) is 28.0 Å². The van der Waals surface area contributed by atoms with Crippen LogP contribution in [0.15, 0.2) is 6.07 Å². The summed E-state index contributed by atoms with van der Waals surface area (Å²) < 4.78 is 0. The fourth-order valence-corrected chi connectivity index (χ4v) is 3.24. The van der Waals surface area contributed by atoms with Crippen LogP contribution in [-0.2, 0) is 11.2 Å². The van der Waals surface area contributed by atoms with Gasteiger partial charge in [0.05, 0.1) is 5.39 Å². The molecular formula is C14H17ClN4OS. The largest absolute Gasteiger partial charge is 0.358 e. The molecule has 1 unspecified atom stereocenters. The van der Waals surface area contributed by atoms with Gasteiger partial charge in [-0.3, -0.25) is 4.79 Å². The van der Waals surface area contributed by atoms with E-state index < -0.39 is 0 Å². The van der Waals surface area contributed by atoms with Crippen LogP contribution >= 0.6 is 22.9 Å². The molecule has 0 spiro atoms. The number of fused-ring (bicyclic) bond motifs is 1. The predicted molar refractivity (Wildman–Crippen MR) is 86.1 cm³/mol. The van der Waals surface area contributed by atoms with Crippen molar-refractivity contribution in [1.82, 2.24) is 15.3 Å². The molecule has 2 aromatic heterocycles. The highest BCUT2D eigenvalue weighted by molar-refractivity contribution is 7.18. The molecule has 2 N–H and O–H groups in total. The molecule has 1 aliphatic carbocycles. The summed E-state index contributed by atoms with van der Waals surface area (Å²) in [6.07, 6.45) is 3.09. The normalized spacial score (nSPS) is 16.0. The fourth-order valence-electron chi connectivity index (χ4n) is 2.05. The van der Waals surface area contributed by atoms with Crippen molar-refractivity contribution < 1.29 is 4.79 Å². The number of aryl methyl sites for hydroxylation is 1. The number of hydrogen-bond acceptors (Lipinski definition) is 5. The first-order valence-electron chi connectivity index (χ1n) is 7.09. The molecular weight excluding hydrogens is 308 g/mol. The van der Waals surface area contributed by atoms with Crippen molar-refractivity contribution in [2.45, 2.75) is 45.2 Å². The number of thiophene rings is 1. The second-order valence-electron chi connectivity index (χ2n) is 5.28. The molecule has 112 valence electrons. The number of anilines is 1. The van der Waals surface area contributed by atoms with Crippen LogP contribution < -0.4 is 10.6 Å². The Morgan fingerprint density at radius 1 is 1.52 bits per heavy atom. The summed E-state index contributed by atoms with van der Waals surface area (Å²) in [4.78, 5) is 22.6. The lowest BCUT2D eigenvalue weighted by Crippen LogP contribution is -2.38. The topological polar surface area (TPSA) is 66.9 Å². The van der Waals surface area contributed by atoms with Crippen LogP contribution in [0.4, 0.5) is 5.82 Å². The maximum Gasteiger partial charge on any atom is 0.242 e. The van der Waals surface area contributed by atoms with Crippen LogP contribution in [0, 0.1) is 0 Å². The molecule has 7 heteroatoms. The molecule has 0 saturated heterocycles. The minimum absolute atomic E-state index is 0.00803. The quantitative estimate of drug-likeness (QED) is 0.830.